The molecular formula is C29H30F2IN3O4. The first-order valence-corrected chi connectivity index (χ1v) is 13.8. The molecule has 10 heteroatoms. The summed E-state index contributed by atoms with van der Waals surface area (Å²) in [7, 11) is 0. The monoisotopic (exact) mass is 649 g/mol. The van der Waals surface area contributed by atoms with E-state index in [-0.39, 0.29) is 41.3 Å². The van der Waals surface area contributed by atoms with Crippen LogP contribution in [0.2, 0.25) is 0 Å². The second-order valence-corrected chi connectivity index (χ2v) is 10.9. The van der Waals surface area contributed by atoms with E-state index in [2.05, 4.69) is 33.2 Å². The van der Waals surface area contributed by atoms with Crippen LogP contribution in [0.15, 0.2) is 60.7 Å². The molecule has 2 amide bonds. The summed E-state index contributed by atoms with van der Waals surface area (Å²) in [6.45, 7) is 1.75. The molecule has 0 radical (unpaired) electrons. The van der Waals surface area contributed by atoms with Crippen LogP contribution in [0.4, 0.5) is 8.78 Å². The third-order valence-corrected chi connectivity index (χ3v) is 7.28. The standard InChI is InChI=1S/C29H30F2IN3O4/c30-21-10-19(11-22(31)15-21)13-25(27(37)17-33-16-18-4-3-5-23(32)12-18)34-28(38)20-6-7-26(36)24(14-20)29(39)35-8-1-2-9-35/h3-7,10-12,14-15,25,27,33,36-37H,1-2,8-9,13,16-17H2,(H,34,38)/t25-,27-/m0/s1. The van der Waals surface area contributed by atoms with Gasteiger partial charge >= 0.3 is 0 Å². The van der Waals surface area contributed by atoms with Gasteiger partial charge in [0, 0.05) is 41.4 Å². The van der Waals surface area contributed by atoms with Crippen molar-refractivity contribution in [2.24, 2.45) is 0 Å². The number of nitrogens with zero attached hydrogens (tertiary/aromatic N) is 1. The van der Waals surface area contributed by atoms with E-state index in [4.69, 9.17) is 0 Å². The highest BCUT2D eigenvalue weighted by molar-refractivity contribution is 14.1. The van der Waals surface area contributed by atoms with Gasteiger partial charge < -0.3 is 25.7 Å². The van der Waals surface area contributed by atoms with E-state index >= 15 is 0 Å². The normalized spacial score (nSPS) is 14.7. The van der Waals surface area contributed by atoms with Crippen molar-refractivity contribution in [3.8, 4) is 5.75 Å². The fourth-order valence-electron chi connectivity index (χ4n) is 4.61. The zero-order valence-electron chi connectivity index (χ0n) is 21.2. The molecule has 1 saturated heterocycles. The molecule has 1 fully saturated rings. The lowest BCUT2D eigenvalue weighted by molar-refractivity contribution is 0.0789. The second kappa shape index (κ2) is 13.3. The van der Waals surface area contributed by atoms with Gasteiger partial charge in [-0.15, -0.1) is 0 Å². The number of carbonyl (C=O) groups is 2. The fourth-order valence-corrected chi connectivity index (χ4v) is 5.22. The topological polar surface area (TPSA) is 102 Å². The highest BCUT2D eigenvalue weighted by atomic mass is 127. The molecule has 2 atom stereocenters. The predicted molar refractivity (Wildman–Crippen MR) is 151 cm³/mol. The molecule has 3 aromatic rings. The number of nitrogens with one attached hydrogen (secondary N) is 2. The van der Waals surface area contributed by atoms with Crippen LogP contribution < -0.4 is 10.6 Å². The predicted octanol–water partition coefficient (Wildman–Crippen LogP) is 4.00. The molecule has 1 heterocycles. The van der Waals surface area contributed by atoms with Crippen molar-refractivity contribution >= 4 is 34.4 Å². The van der Waals surface area contributed by atoms with Crippen molar-refractivity contribution in [2.45, 2.75) is 38.0 Å². The Labute approximate surface area is 239 Å². The number of amides is 2. The first kappa shape index (κ1) is 28.9. The zero-order valence-corrected chi connectivity index (χ0v) is 23.3. The number of aliphatic hydroxyl groups is 1. The number of phenolic OH excluding ortho intramolecular Hbond substituents is 1. The van der Waals surface area contributed by atoms with Crippen LogP contribution in [0.5, 0.6) is 5.75 Å². The maximum atomic E-state index is 13.9. The molecule has 1 aliphatic heterocycles. The van der Waals surface area contributed by atoms with Gasteiger partial charge in [-0.25, -0.2) is 8.78 Å². The first-order valence-electron chi connectivity index (χ1n) is 12.7. The number of benzene rings is 3. The number of phenols is 1. The van der Waals surface area contributed by atoms with E-state index in [1.54, 1.807) is 4.90 Å². The molecule has 4 N–H and O–H groups in total. The Bertz CT molecular complexity index is 1310. The van der Waals surface area contributed by atoms with Gasteiger partial charge in [0.15, 0.2) is 0 Å². The Morgan fingerprint density at radius 1 is 0.974 bits per heavy atom. The Kier molecular flexibility index (Phi) is 9.87. The van der Waals surface area contributed by atoms with Gasteiger partial charge in [-0.2, -0.15) is 0 Å². The summed E-state index contributed by atoms with van der Waals surface area (Å²) in [4.78, 5) is 27.7. The molecule has 0 bridgehead atoms. The summed E-state index contributed by atoms with van der Waals surface area (Å²) < 4.78 is 28.8. The Morgan fingerprint density at radius 3 is 2.38 bits per heavy atom. The highest BCUT2D eigenvalue weighted by Crippen LogP contribution is 2.23. The molecule has 3 aromatic carbocycles. The van der Waals surface area contributed by atoms with Crippen LogP contribution in [0.3, 0.4) is 0 Å². The Hall–Kier alpha value is -3.09. The smallest absolute Gasteiger partial charge is 0.257 e. The third kappa shape index (κ3) is 7.96. The van der Waals surface area contributed by atoms with E-state index in [1.807, 2.05) is 24.3 Å². The molecule has 0 saturated carbocycles. The van der Waals surface area contributed by atoms with E-state index in [0.717, 1.165) is 40.2 Å². The molecule has 1 aliphatic rings. The van der Waals surface area contributed by atoms with E-state index in [0.29, 0.717) is 19.6 Å². The van der Waals surface area contributed by atoms with E-state index in [1.165, 1.54) is 18.2 Å². The molecule has 39 heavy (non-hydrogen) atoms. The lowest BCUT2D eigenvalue weighted by Crippen LogP contribution is -2.48. The van der Waals surface area contributed by atoms with Gasteiger partial charge in [0.25, 0.3) is 11.8 Å². The first-order chi connectivity index (χ1) is 18.7. The Balaban J connectivity index is 1.50. The summed E-state index contributed by atoms with van der Waals surface area (Å²) in [5, 5.41) is 27.2. The maximum Gasteiger partial charge on any atom is 0.257 e. The largest absolute Gasteiger partial charge is 0.507 e. The van der Waals surface area contributed by atoms with E-state index < -0.39 is 29.7 Å². The minimum absolute atomic E-state index is 0.0213. The lowest BCUT2D eigenvalue weighted by Gasteiger charge is -2.25. The maximum absolute atomic E-state index is 13.9. The minimum Gasteiger partial charge on any atom is -0.507 e. The van der Waals surface area contributed by atoms with Crippen molar-refractivity contribution in [1.82, 2.24) is 15.5 Å². The SMILES string of the molecule is O=C(N[C@@H](Cc1cc(F)cc(F)c1)[C@@H](O)CNCc1cccc(I)c1)c1ccc(O)c(C(=O)N2CCCC2)c1. The molecule has 0 spiro atoms. The number of aliphatic hydroxyl groups excluding tert-OH is 1. The molecule has 0 aliphatic carbocycles. The molecule has 0 aromatic heterocycles. The lowest BCUT2D eigenvalue weighted by atomic mass is 9.99. The number of likely N-dealkylation sites (tertiary alicyclic amines) is 1. The highest BCUT2D eigenvalue weighted by Gasteiger charge is 2.26. The van der Waals surface area contributed by atoms with Gasteiger partial charge in [0.1, 0.15) is 17.4 Å². The summed E-state index contributed by atoms with van der Waals surface area (Å²) in [6.07, 6.45) is 0.616. The van der Waals surface area contributed by atoms with Crippen LogP contribution in [-0.2, 0) is 13.0 Å². The average molecular weight is 649 g/mol. The van der Waals surface area contributed by atoms with Crippen LogP contribution in [0, 0.1) is 15.2 Å². The van der Waals surface area contributed by atoms with Crippen LogP contribution >= 0.6 is 22.6 Å². The molecule has 206 valence electrons. The summed E-state index contributed by atoms with van der Waals surface area (Å²) in [6, 6.07) is 14.0. The third-order valence-electron chi connectivity index (χ3n) is 6.61. The number of rotatable bonds is 10. The number of aromatic hydroxyl groups is 1. The molecular weight excluding hydrogens is 619 g/mol. The van der Waals surface area contributed by atoms with Gasteiger partial charge in [0.2, 0.25) is 0 Å². The number of hydrogen-bond acceptors (Lipinski definition) is 5. The van der Waals surface area contributed by atoms with Gasteiger partial charge in [0.05, 0.1) is 17.7 Å². The van der Waals surface area contributed by atoms with Crippen molar-refractivity contribution in [3.05, 3.63) is 98.1 Å². The van der Waals surface area contributed by atoms with Gasteiger partial charge in [-0.3, -0.25) is 9.59 Å². The zero-order chi connectivity index (χ0) is 27.9. The Morgan fingerprint density at radius 2 is 1.69 bits per heavy atom. The van der Waals surface area contributed by atoms with Gasteiger partial charge in [-0.1, -0.05) is 12.1 Å². The number of carbonyl (C=O) groups excluding carboxylic acids is 2. The van der Waals surface area contributed by atoms with E-state index in [9.17, 15) is 28.6 Å². The average Bonchev–Trinajstić information content (AvgIpc) is 3.43. The number of hydrogen-bond donors (Lipinski definition) is 4. The van der Waals surface area contributed by atoms with Crippen LogP contribution in [0.1, 0.15) is 44.7 Å². The summed E-state index contributed by atoms with van der Waals surface area (Å²) in [5.74, 6) is -2.69. The van der Waals surface area contributed by atoms with Crippen molar-refractivity contribution in [1.29, 1.82) is 0 Å². The minimum atomic E-state index is -1.11. The van der Waals surface area contributed by atoms with Gasteiger partial charge in [-0.05, 0) is 95.4 Å². The molecule has 0 unspecified atom stereocenters. The fraction of sp³-hybridized carbons (Fsp3) is 0.310. The van der Waals surface area contributed by atoms with Crippen LogP contribution in [-0.4, -0.2) is 58.7 Å². The van der Waals surface area contributed by atoms with Crippen molar-refractivity contribution in [2.75, 3.05) is 19.6 Å². The summed E-state index contributed by atoms with van der Waals surface area (Å²) >= 11 is 2.21. The van der Waals surface area contributed by atoms with Crippen molar-refractivity contribution in [3.63, 3.8) is 0 Å². The number of halogens is 3. The molecule has 7 nitrogen and oxygen atoms in total. The van der Waals surface area contributed by atoms with Crippen LogP contribution in [0.25, 0.3) is 0 Å². The quantitative estimate of drug-likeness (QED) is 0.249. The van der Waals surface area contributed by atoms with Crippen molar-refractivity contribution < 1.29 is 28.6 Å². The second-order valence-electron chi connectivity index (χ2n) is 9.62. The molecule has 4 rings (SSSR count). The summed E-state index contributed by atoms with van der Waals surface area (Å²) in [5.41, 5.74) is 1.42.